The number of carboxylic acid groups (broad SMARTS) is 1. The van der Waals surface area contributed by atoms with Crippen molar-refractivity contribution in [3.8, 4) is 0 Å². The van der Waals surface area contributed by atoms with Crippen LogP contribution in [0, 0.1) is 0 Å². The Morgan fingerprint density at radius 2 is 1.94 bits per heavy atom. The number of anilines is 1. The van der Waals surface area contributed by atoms with E-state index in [4.69, 9.17) is 10.8 Å². The third-order valence-corrected chi connectivity index (χ3v) is 3.22. The molecule has 0 unspecified atom stereocenters. The number of nitrogens with zero attached hydrogens (tertiary/aromatic N) is 1. The van der Waals surface area contributed by atoms with Crippen LogP contribution in [0.4, 0.5) is 5.69 Å². The molecule has 1 aromatic heterocycles. The Balaban J connectivity index is 2.32. The van der Waals surface area contributed by atoms with Crippen LogP contribution in [0.25, 0.3) is 0 Å². The minimum absolute atomic E-state index is 0.232. The predicted octanol–water partition coefficient (Wildman–Crippen LogP) is 2.51. The van der Waals surface area contributed by atoms with E-state index in [9.17, 15) is 4.79 Å². The summed E-state index contributed by atoms with van der Waals surface area (Å²) in [5.41, 5.74) is 6.61. The van der Waals surface area contributed by atoms with Crippen LogP contribution in [0.3, 0.4) is 0 Å². The second-order valence-corrected chi connectivity index (χ2v) is 4.46. The van der Waals surface area contributed by atoms with Gasteiger partial charge in [-0.05, 0) is 30.3 Å². The third kappa shape index (κ3) is 2.76. The van der Waals surface area contributed by atoms with Gasteiger partial charge in [0.2, 0.25) is 0 Å². The van der Waals surface area contributed by atoms with Gasteiger partial charge in [0.05, 0.1) is 5.56 Å². The van der Waals surface area contributed by atoms with E-state index in [0.717, 1.165) is 9.79 Å². The van der Waals surface area contributed by atoms with Crippen LogP contribution in [0.2, 0.25) is 0 Å². The standard InChI is InChI=1S/C12H10N2O2S/c13-10-2-1-8(12(15)16)7-11(10)17-9-3-5-14-6-4-9/h1-7H,13H2,(H,15,16). The predicted molar refractivity (Wildman–Crippen MR) is 66.2 cm³/mol. The first-order chi connectivity index (χ1) is 8.16. The van der Waals surface area contributed by atoms with E-state index in [2.05, 4.69) is 4.98 Å². The Labute approximate surface area is 102 Å². The second-order valence-electron chi connectivity index (χ2n) is 3.34. The summed E-state index contributed by atoms with van der Waals surface area (Å²) in [7, 11) is 0. The first kappa shape index (κ1) is 11.5. The van der Waals surface area contributed by atoms with Gasteiger partial charge in [0.15, 0.2) is 0 Å². The van der Waals surface area contributed by atoms with E-state index in [1.54, 1.807) is 24.5 Å². The molecule has 0 amide bonds. The molecule has 3 N–H and O–H groups in total. The molecule has 0 bridgehead atoms. The van der Waals surface area contributed by atoms with Gasteiger partial charge in [0.1, 0.15) is 0 Å². The van der Waals surface area contributed by atoms with Crippen molar-refractivity contribution in [1.29, 1.82) is 0 Å². The summed E-state index contributed by atoms with van der Waals surface area (Å²) in [5.74, 6) is -0.957. The van der Waals surface area contributed by atoms with Gasteiger partial charge < -0.3 is 10.8 Å². The smallest absolute Gasteiger partial charge is 0.335 e. The summed E-state index contributed by atoms with van der Waals surface area (Å²) in [5, 5.41) is 8.91. The van der Waals surface area contributed by atoms with Gasteiger partial charge in [-0.2, -0.15) is 0 Å². The van der Waals surface area contributed by atoms with E-state index in [1.807, 2.05) is 12.1 Å². The Morgan fingerprint density at radius 1 is 1.24 bits per heavy atom. The van der Waals surface area contributed by atoms with Crippen molar-refractivity contribution in [2.24, 2.45) is 0 Å². The molecule has 0 saturated heterocycles. The molecule has 2 aromatic rings. The van der Waals surface area contributed by atoms with E-state index in [-0.39, 0.29) is 5.56 Å². The maximum Gasteiger partial charge on any atom is 0.335 e. The Morgan fingerprint density at radius 3 is 2.59 bits per heavy atom. The zero-order valence-electron chi connectivity index (χ0n) is 8.83. The molecule has 1 aromatic carbocycles. The van der Waals surface area contributed by atoms with Crippen LogP contribution in [-0.2, 0) is 0 Å². The number of carbonyl (C=O) groups is 1. The normalized spacial score (nSPS) is 10.1. The lowest BCUT2D eigenvalue weighted by Gasteiger charge is -2.06. The van der Waals surface area contributed by atoms with Gasteiger partial charge in [0.25, 0.3) is 0 Å². The van der Waals surface area contributed by atoms with Crippen molar-refractivity contribution < 1.29 is 9.90 Å². The average Bonchev–Trinajstić information content (AvgIpc) is 2.33. The Kier molecular flexibility index (Phi) is 3.30. The van der Waals surface area contributed by atoms with Gasteiger partial charge in [-0.3, -0.25) is 4.98 Å². The Bertz CT molecular complexity index is 543. The number of hydrogen-bond acceptors (Lipinski definition) is 4. The van der Waals surface area contributed by atoms with Crippen molar-refractivity contribution >= 4 is 23.4 Å². The number of hydrogen-bond donors (Lipinski definition) is 2. The van der Waals surface area contributed by atoms with Crippen molar-refractivity contribution in [2.45, 2.75) is 9.79 Å². The number of aromatic nitrogens is 1. The molecule has 5 heteroatoms. The molecule has 0 fully saturated rings. The number of pyridine rings is 1. The van der Waals surface area contributed by atoms with Gasteiger partial charge in [-0.1, -0.05) is 11.8 Å². The van der Waals surface area contributed by atoms with Crippen LogP contribution in [0.5, 0.6) is 0 Å². The fourth-order valence-electron chi connectivity index (χ4n) is 1.29. The summed E-state index contributed by atoms with van der Waals surface area (Å²) in [6.07, 6.45) is 3.36. The van der Waals surface area contributed by atoms with Crippen molar-refractivity contribution in [3.63, 3.8) is 0 Å². The molecule has 0 aliphatic heterocycles. The minimum Gasteiger partial charge on any atom is -0.478 e. The van der Waals surface area contributed by atoms with Crippen LogP contribution in [-0.4, -0.2) is 16.1 Å². The molecule has 4 nitrogen and oxygen atoms in total. The minimum atomic E-state index is -0.957. The SMILES string of the molecule is Nc1ccc(C(=O)O)cc1Sc1ccncc1. The largest absolute Gasteiger partial charge is 0.478 e. The summed E-state index contributed by atoms with van der Waals surface area (Å²) in [6, 6.07) is 8.36. The maximum atomic E-state index is 10.9. The molecule has 0 saturated carbocycles. The average molecular weight is 246 g/mol. The number of carboxylic acids is 1. The summed E-state index contributed by atoms with van der Waals surface area (Å²) in [6.45, 7) is 0. The lowest BCUT2D eigenvalue weighted by molar-refractivity contribution is 0.0696. The lowest BCUT2D eigenvalue weighted by atomic mass is 10.2. The fourth-order valence-corrected chi connectivity index (χ4v) is 2.17. The summed E-state index contributed by atoms with van der Waals surface area (Å²) < 4.78 is 0. The van der Waals surface area contributed by atoms with E-state index in [1.165, 1.54) is 17.8 Å². The molecule has 2 rings (SSSR count). The van der Waals surface area contributed by atoms with Gasteiger partial charge in [-0.15, -0.1) is 0 Å². The van der Waals surface area contributed by atoms with Crippen LogP contribution in [0.15, 0.2) is 52.5 Å². The quantitative estimate of drug-likeness (QED) is 0.814. The highest BCUT2D eigenvalue weighted by molar-refractivity contribution is 7.99. The highest BCUT2D eigenvalue weighted by Gasteiger charge is 2.07. The summed E-state index contributed by atoms with van der Waals surface area (Å²) >= 11 is 1.42. The number of nitrogens with two attached hydrogens (primary N) is 1. The van der Waals surface area contributed by atoms with Crippen LogP contribution < -0.4 is 5.73 Å². The highest BCUT2D eigenvalue weighted by Crippen LogP contribution is 2.32. The van der Waals surface area contributed by atoms with Crippen LogP contribution >= 0.6 is 11.8 Å². The number of rotatable bonds is 3. The van der Waals surface area contributed by atoms with Gasteiger partial charge >= 0.3 is 5.97 Å². The first-order valence-electron chi connectivity index (χ1n) is 4.87. The molecule has 86 valence electrons. The van der Waals surface area contributed by atoms with Crippen molar-refractivity contribution in [2.75, 3.05) is 5.73 Å². The van der Waals surface area contributed by atoms with Gasteiger partial charge in [0, 0.05) is 27.9 Å². The maximum absolute atomic E-state index is 10.9. The van der Waals surface area contributed by atoms with Gasteiger partial charge in [-0.25, -0.2) is 4.79 Å². The first-order valence-corrected chi connectivity index (χ1v) is 5.69. The molecular formula is C12H10N2O2S. The highest BCUT2D eigenvalue weighted by atomic mass is 32.2. The van der Waals surface area contributed by atoms with Crippen LogP contribution in [0.1, 0.15) is 10.4 Å². The zero-order chi connectivity index (χ0) is 12.3. The second kappa shape index (κ2) is 4.88. The molecule has 0 radical (unpaired) electrons. The van der Waals surface area contributed by atoms with E-state index in [0.29, 0.717) is 5.69 Å². The monoisotopic (exact) mass is 246 g/mol. The molecule has 0 spiro atoms. The lowest BCUT2D eigenvalue weighted by Crippen LogP contribution is -1.98. The molecule has 0 aliphatic carbocycles. The topological polar surface area (TPSA) is 76.2 Å². The molecule has 0 aliphatic rings. The molecule has 1 heterocycles. The molecule has 17 heavy (non-hydrogen) atoms. The molecule has 0 atom stereocenters. The molecular weight excluding hydrogens is 236 g/mol. The van der Waals surface area contributed by atoms with Crippen molar-refractivity contribution in [1.82, 2.24) is 4.98 Å². The summed E-state index contributed by atoms with van der Waals surface area (Å²) in [4.78, 5) is 16.5. The van der Waals surface area contributed by atoms with E-state index >= 15 is 0 Å². The zero-order valence-corrected chi connectivity index (χ0v) is 9.65. The fraction of sp³-hybridized carbons (Fsp3) is 0. The van der Waals surface area contributed by atoms with Crippen molar-refractivity contribution in [3.05, 3.63) is 48.3 Å². The number of benzene rings is 1. The third-order valence-electron chi connectivity index (χ3n) is 2.14. The van der Waals surface area contributed by atoms with E-state index < -0.39 is 5.97 Å². The Hall–Kier alpha value is -2.01. The number of nitrogen functional groups attached to an aromatic ring is 1. The number of aromatic carboxylic acids is 1.